The van der Waals surface area contributed by atoms with Gasteiger partial charge in [-0.05, 0) is 26.7 Å². The number of hydrogen-bond donors (Lipinski definition) is 2. The van der Waals surface area contributed by atoms with E-state index in [1.54, 1.807) is 13.8 Å². The van der Waals surface area contributed by atoms with Gasteiger partial charge in [-0.1, -0.05) is 13.8 Å². The molecule has 0 aromatic carbocycles. The van der Waals surface area contributed by atoms with Crippen LogP contribution >= 0.6 is 0 Å². The molecule has 0 aromatic heterocycles. The molecule has 0 saturated carbocycles. The zero-order valence-electron chi connectivity index (χ0n) is 17.1. The molecule has 0 unspecified atom stereocenters. The van der Waals surface area contributed by atoms with Gasteiger partial charge in [-0.15, -0.1) is 0 Å². The first-order valence-electron chi connectivity index (χ1n) is 9.02. The summed E-state index contributed by atoms with van der Waals surface area (Å²) in [4.78, 5) is 49.3. The first kappa shape index (κ1) is 23.2. The van der Waals surface area contributed by atoms with Crippen LogP contribution in [0.5, 0.6) is 0 Å². The van der Waals surface area contributed by atoms with Gasteiger partial charge in [-0.3, -0.25) is 9.59 Å². The van der Waals surface area contributed by atoms with E-state index in [1.165, 1.54) is 0 Å². The Morgan fingerprint density at radius 3 is 1.82 bits per heavy atom. The van der Waals surface area contributed by atoms with E-state index in [2.05, 4.69) is 10.6 Å². The number of dihydropyridines is 1. The fourth-order valence-corrected chi connectivity index (χ4v) is 2.97. The number of nitrogens with one attached hydrogen (secondary N) is 2. The highest BCUT2D eigenvalue weighted by Crippen LogP contribution is 2.32. The van der Waals surface area contributed by atoms with Crippen LogP contribution in [-0.2, 0) is 33.4 Å². The SMILES string of the molecule is CCC(CC)NC(=O)COC(=O)C1C(C(=O)OC)=C(C)NC(C)=C1C(=O)OC. The van der Waals surface area contributed by atoms with Gasteiger partial charge in [0.15, 0.2) is 6.61 Å². The van der Waals surface area contributed by atoms with Crippen molar-refractivity contribution in [3.8, 4) is 0 Å². The van der Waals surface area contributed by atoms with E-state index in [9.17, 15) is 19.2 Å². The van der Waals surface area contributed by atoms with Crippen molar-refractivity contribution in [3.63, 3.8) is 0 Å². The number of ether oxygens (including phenoxy) is 3. The first-order valence-corrected chi connectivity index (χ1v) is 9.02. The quantitative estimate of drug-likeness (QED) is 0.460. The van der Waals surface area contributed by atoms with Crippen molar-refractivity contribution in [2.24, 2.45) is 5.92 Å². The van der Waals surface area contributed by atoms with Crippen molar-refractivity contribution in [3.05, 3.63) is 22.5 Å². The lowest BCUT2D eigenvalue weighted by atomic mass is 9.85. The third kappa shape index (κ3) is 5.34. The van der Waals surface area contributed by atoms with Gasteiger partial charge < -0.3 is 24.8 Å². The van der Waals surface area contributed by atoms with Crippen molar-refractivity contribution >= 4 is 23.8 Å². The van der Waals surface area contributed by atoms with E-state index in [0.29, 0.717) is 11.4 Å². The Morgan fingerprint density at radius 1 is 0.964 bits per heavy atom. The van der Waals surface area contributed by atoms with Crippen LogP contribution in [0.2, 0.25) is 0 Å². The summed E-state index contributed by atoms with van der Waals surface area (Å²) in [5.74, 6) is -4.32. The Bertz CT molecular complexity index is 667. The van der Waals surface area contributed by atoms with Gasteiger partial charge in [0.05, 0.1) is 25.4 Å². The monoisotopic (exact) mass is 396 g/mol. The first-order chi connectivity index (χ1) is 13.2. The van der Waals surface area contributed by atoms with Gasteiger partial charge in [0.1, 0.15) is 5.92 Å². The van der Waals surface area contributed by atoms with E-state index < -0.39 is 36.3 Å². The topological polar surface area (TPSA) is 120 Å². The second-order valence-electron chi connectivity index (χ2n) is 6.31. The van der Waals surface area contributed by atoms with Crippen molar-refractivity contribution < 1.29 is 33.4 Å². The predicted octanol–water partition coefficient (Wildman–Crippen LogP) is 0.948. The maximum atomic E-state index is 12.8. The van der Waals surface area contributed by atoms with E-state index in [0.717, 1.165) is 27.1 Å². The van der Waals surface area contributed by atoms with Crippen molar-refractivity contribution in [1.82, 2.24) is 10.6 Å². The molecule has 0 spiro atoms. The van der Waals surface area contributed by atoms with Gasteiger partial charge in [-0.2, -0.15) is 0 Å². The van der Waals surface area contributed by atoms with Crippen LogP contribution in [0.1, 0.15) is 40.5 Å². The normalized spacial score (nSPS) is 14.5. The van der Waals surface area contributed by atoms with Crippen LogP contribution in [-0.4, -0.2) is 50.7 Å². The molecule has 1 amide bonds. The number of methoxy groups -OCH3 is 2. The molecule has 1 rings (SSSR count). The van der Waals surface area contributed by atoms with Gasteiger partial charge in [0.25, 0.3) is 5.91 Å². The highest BCUT2D eigenvalue weighted by Gasteiger charge is 2.42. The number of esters is 3. The molecule has 28 heavy (non-hydrogen) atoms. The summed E-state index contributed by atoms with van der Waals surface area (Å²) in [7, 11) is 2.33. The van der Waals surface area contributed by atoms with E-state index in [-0.39, 0.29) is 17.2 Å². The van der Waals surface area contributed by atoms with Gasteiger partial charge in [0, 0.05) is 17.4 Å². The van der Waals surface area contributed by atoms with Crippen LogP contribution in [0.3, 0.4) is 0 Å². The molecule has 1 aliphatic heterocycles. The number of rotatable bonds is 8. The van der Waals surface area contributed by atoms with Gasteiger partial charge in [-0.25, -0.2) is 9.59 Å². The Kier molecular flexibility index (Phi) is 8.69. The smallest absolute Gasteiger partial charge is 0.336 e. The summed E-state index contributed by atoms with van der Waals surface area (Å²) in [5.41, 5.74) is 0.554. The lowest BCUT2D eigenvalue weighted by Gasteiger charge is -2.28. The van der Waals surface area contributed by atoms with Crippen molar-refractivity contribution in [2.75, 3.05) is 20.8 Å². The molecular weight excluding hydrogens is 368 g/mol. The highest BCUT2D eigenvalue weighted by molar-refractivity contribution is 6.05. The third-order valence-electron chi connectivity index (χ3n) is 4.50. The number of hydrogen-bond acceptors (Lipinski definition) is 8. The molecule has 2 N–H and O–H groups in total. The number of carbonyl (C=O) groups excluding carboxylic acids is 4. The number of amides is 1. The zero-order chi connectivity index (χ0) is 21.4. The zero-order valence-corrected chi connectivity index (χ0v) is 17.1. The lowest BCUT2D eigenvalue weighted by molar-refractivity contribution is -0.153. The van der Waals surface area contributed by atoms with Crippen LogP contribution in [0.4, 0.5) is 0 Å². The number of allylic oxidation sites excluding steroid dienone is 2. The standard InChI is InChI=1S/C19H28N2O7/c1-7-12(8-2)21-13(22)9-28-19(25)16-14(17(23)26-5)10(3)20-11(4)15(16)18(24)27-6/h12,16,20H,7-9H2,1-6H3,(H,21,22). The minimum Gasteiger partial charge on any atom is -0.466 e. The Labute approximate surface area is 164 Å². The minimum absolute atomic E-state index is 0.0226. The highest BCUT2D eigenvalue weighted by atomic mass is 16.5. The van der Waals surface area contributed by atoms with Gasteiger partial charge in [0.2, 0.25) is 0 Å². The third-order valence-corrected chi connectivity index (χ3v) is 4.50. The summed E-state index contributed by atoms with van der Waals surface area (Å²) < 4.78 is 14.6. The maximum absolute atomic E-state index is 12.8. The molecule has 156 valence electrons. The minimum atomic E-state index is -1.36. The maximum Gasteiger partial charge on any atom is 0.336 e. The second kappa shape index (κ2) is 10.5. The van der Waals surface area contributed by atoms with Crippen LogP contribution < -0.4 is 10.6 Å². The molecule has 1 aliphatic rings. The molecule has 0 atom stereocenters. The molecule has 0 radical (unpaired) electrons. The van der Waals surface area contributed by atoms with Crippen molar-refractivity contribution in [1.29, 1.82) is 0 Å². The van der Waals surface area contributed by atoms with Crippen LogP contribution in [0, 0.1) is 5.92 Å². The lowest BCUT2D eigenvalue weighted by Crippen LogP contribution is -2.40. The van der Waals surface area contributed by atoms with Crippen molar-refractivity contribution in [2.45, 2.75) is 46.6 Å². The molecular formula is C19H28N2O7. The summed E-state index contributed by atoms with van der Waals surface area (Å²) >= 11 is 0. The summed E-state index contributed by atoms with van der Waals surface area (Å²) in [6.45, 7) is 6.48. The summed E-state index contributed by atoms with van der Waals surface area (Å²) in [6, 6.07) is -0.0226. The molecule has 0 aromatic rings. The number of carbonyl (C=O) groups is 4. The van der Waals surface area contributed by atoms with E-state index in [4.69, 9.17) is 14.2 Å². The molecule has 0 fully saturated rings. The molecule has 0 saturated heterocycles. The predicted molar refractivity (Wildman–Crippen MR) is 99.5 cm³/mol. The Balaban J connectivity index is 3.11. The second-order valence-corrected chi connectivity index (χ2v) is 6.31. The average molecular weight is 396 g/mol. The summed E-state index contributed by atoms with van der Waals surface area (Å²) in [5, 5.41) is 5.62. The molecule has 0 aliphatic carbocycles. The summed E-state index contributed by atoms with van der Waals surface area (Å²) in [6.07, 6.45) is 1.49. The molecule has 9 nitrogen and oxygen atoms in total. The van der Waals surface area contributed by atoms with E-state index in [1.807, 2.05) is 13.8 Å². The van der Waals surface area contributed by atoms with E-state index >= 15 is 0 Å². The molecule has 1 heterocycles. The molecule has 9 heteroatoms. The Morgan fingerprint density at radius 2 is 1.43 bits per heavy atom. The average Bonchev–Trinajstić information content (AvgIpc) is 2.68. The van der Waals surface area contributed by atoms with Crippen LogP contribution in [0.15, 0.2) is 22.5 Å². The van der Waals surface area contributed by atoms with Crippen LogP contribution in [0.25, 0.3) is 0 Å². The largest absolute Gasteiger partial charge is 0.466 e. The van der Waals surface area contributed by atoms with Gasteiger partial charge >= 0.3 is 17.9 Å². The fourth-order valence-electron chi connectivity index (χ4n) is 2.97. The fraction of sp³-hybridized carbons (Fsp3) is 0.579. The molecule has 0 bridgehead atoms. The Hall–Kier alpha value is -2.84.